The second-order valence-corrected chi connectivity index (χ2v) is 5.49. The Morgan fingerprint density at radius 3 is 3.05 bits per heavy atom. The zero-order valence-corrected chi connectivity index (χ0v) is 11.6. The van der Waals surface area contributed by atoms with Crippen LogP contribution in [0.15, 0.2) is 22.7 Å². The molecule has 0 aliphatic carbocycles. The van der Waals surface area contributed by atoms with Crippen molar-refractivity contribution in [3.8, 4) is 16.8 Å². The van der Waals surface area contributed by atoms with Gasteiger partial charge in [0.1, 0.15) is 0 Å². The molecule has 6 nitrogen and oxygen atoms in total. The maximum Gasteiger partial charge on any atom is 0.219 e. The summed E-state index contributed by atoms with van der Waals surface area (Å²) >= 11 is 2.85. The first kappa shape index (κ1) is 13.6. The lowest BCUT2D eigenvalue weighted by molar-refractivity contribution is -0.118. The van der Waals surface area contributed by atoms with Gasteiger partial charge in [0.25, 0.3) is 0 Å². The molecule has 98 valence electrons. The highest BCUT2D eigenvalue weighted by Gasteiger charge is 2.15. The number of nitrogens with two attached hydrogens (primary N) is 1. The Kier molecular flexibility index (Phi) is 4.54. The van der Waals surface area contributed by atoms with Crippen molar-refractivity contribution in [2.24, 2.45) is 5.73 Å². The zero-order chi connectivity index (χ0) is 13.7. The molecule has 2 heterocycles. The van der Waals surface area contributed by atoms with E-state index in [1.165, 1.54) is 11.8 Å². The number of amides is 1. The molecule has 0 aliphatic rings. The molecule has 2 aromatic heterocycles. The predicted octanol–water partition coefficient (Wildman–Crippen LogP) is 1.50. The highest BCUT2D eigenvalue weighted by atomic mass is 32.2. The Bertz CT molecular complexity index is 599. The molecule has 2 aromatic rings. The van der Waals surface area contributed by atoms with Gasteiger partial charge in [0.2, 0.25) is 5.91 Å². The summed E-state index contributed by atoms with van der Waals surface area (Å²) in [6.07, 6.45) is 0.219. The summed E-state index contributed by atoms with van der Waals surface area (Å²) in [5, 5.41) is 19.4. The quantitative estimate of drug-likeness (QED) is 0.814. The summed E-state index contributed by atoms with van der Waals surface area (Å²) in [5.74, 6) is 0.623. The summed E-state index contributed by atoms with van der Waals surface area (Å²) in [6, 6.07) is 5.91. The van der Waals surface area contributed by atoms with Gasteiger partial charge < -0.3 is 10.3 Å². The van der Waals surface area contributed by atoms with Gasteiger partial charge >= 0.3 is 0 Å². The molecule has 0 fully saturated rings. The molecule has 8 heteroatoms. The Hall–Kier alpha value is -1.85. The van der Waals surface area contributed by atoms with Crippen molar-refractivity contribution in [1.82, 2.24) is 14.8 Å². The van der Waals surface area contributed by atoms with E-state index in [1.807, 2.05) is 28.1 Å². The zero-order valence-electron chi connectivity index (χ0n) is 9.94. The molecular formula is C11H11N5OS2. The third kappa shape index (κ3) is 3.33. The summed E-state index contributed by atoms with van der Waals surface area (Å²) in [4.78, 5) is 11.9. The molecule has 0 unspecified atom stereocenters. The normalized spacial score (nSPS) is 10.3. The van der Waals surface area contributed by atoms with Crippen LogP contribution in [0, 0.1) is 11.3 Å². The number of rotatable bonds is 6. The molecule has 2 rings (SSSR count). The van der Waals surface area contributed by atoms with Crippen molar-refractivity contribution < 1.29 is 4.79 Å². The number of nitrogens with zero attached hydrogens (tertiary/aromatic N) is 4. The van der Waals surface area contributed by atoms with E-state index in [0.29, 0.717) is 23.3 Å². The summed E-state index contributed by atoms with van der Waals surface area (Å²) in [5.41, 5.74) is 5.18. The number of carbonyl (C=O) groups is 1. The lowest BCUT2D eigenvalue weighted by Crippen LogP contribution is -2.14. The Morgan fingerprint density at radius 1 is 1.58 bits per heavy atom. The van der Waals surface area contributed by atoms with Gasteiger partial charge in [-0.15, -0.1) is 21.5 Å². The molecular weight excluding hydrogens is 282 g/mol. The van der Waals surface area contributed by atoms with Crippen LogP contribution >= 0.6 is 23.1 Å². The van der Waals surface area contributed by atoms with Crippen LogP contribution < -0.4 is 5.73 Å². The van der Waals surface area contributed by atoms with Crippen LogP contribution in [0.5, 0.6) is 0 Å². The molecule has 0 aliphatic heterocycles. The van der Waals surface area contributed by atoms with E-state index in [1.54, 1.807) is 11.3 Å². The van der Waals surface area contributed by atoms with E-state index < -0.39 is 0 Å². The molecule has 1 amide bonds. The van der Waals surface area contributed by atoms with Crippen LogP contribution in [0.2, 0.25) is 0 Å². The van der Waals surface area contributed by atoms with Gasteiger partial charge in [-0.3, -0.25) is 4.79 Å². The second kappa shape index (κ2) is 6.36. The number of hydrogen-bond donors (Lipinski definition) is 1. The molecule has 0 spiro atoms. The Labute approximate surface area is 118 Å². The maximum atomic E-state index is 10.9. The minimum absolute atomic E-state index is 0.219. The van der Waals surface area contributed by atoms with E-state index in [9.17, 15) is 4.79 Å². The largest absolute Gasteiger partial charge is 0.370 e. The molecule has 0 aromatic carbocycles. The van der Waals surface area contributed by atoms with Crippen molar-refractivity contribution >= 4 is 29.0 Å². The SMILES string of the molecule is N#CCSc1nnc(-c2cccs2)n1CCC(N)=O. The van der Waals surface area contributed by atoms with Crippen LogP contribution in [0.1, 0.15) is 6.42 Å². The van der Waals surface area contributed by atoms with Crippen molar-refractivity contribution in [1.29, 1.82) is 5.26 Å². The average Bonchev–Trinajstić information content (AvgIpc) is 3.02. The van der Waals surface area contributed by atoms with Crippen molar-refractivity contribution in [2.45, 2.75) is 18.1 Å². The number of hydrogen-bond acceptors (Lipinski definition) is 6. The average molecular weight is 293 g/mol. The fraction of sp³-hybridized carbons (Fsp3) is 0.273. The third-order valence-electron chi connectivity index (χ3n) is 2.31. The smallest absolute Gasteiger partial charge is 0.219 e. The lowest BCUT2D eigenvalue weighted by atomic mass is 10.4. The number of primary amides is 1. The van der Waals surface area contributed by atoms with E-state index >= 15 is 0 Å². The monoisotopic (exact) mass is 293 g/mol. The van der Waals surface area contributed by atoms with Gasteiger partial charge in [0.05, 0.1) is 16.7 Å². The summed E-state index contributed by atoms with van der Waals surface area (Å²) < 4.78 is 1.83. The van der Waals surface area contributed by atoms with Crippen molar-refractivity contribution in [3.63, 3.8) is 0 Å². The van der Waals surface area contributed by atoms with Gasteiger partial charge in [0, 0.05) is 13.0 Å². The van der Waals surface area contributed by atoms with Gasteiger partial charge in [-0.25, -0.2) is 0 Å². The number of carbonyl (C=O) groups excluding carboxylic acids is 1. The number of aromatic nitrogens is 3. The molecule has 0 atom stereocenters. The first-order chi connectivity index (χ1) is 9.22. The van der Waals surface area contributed by atoms with Crippen LogP contribution in [0.4, 0.5) is 0 Å². The summed E-state index contributed by atoms with van der Waals surface area (Å²) in [6.45, 7) is 0.420. The van der Waals surface area contributed by atoms with E-state index in [2.05, 4.69) is 10.2 Å². The van der Waals surface area contributed by atoms with Gasteiger partial charge in [-0.2, -0.15) is 5.26 Å². The number of thioether (sulfide) groups is 1. The summed E-state index contributed by atoms with van der Waals surface area (Å²) in [7, 11) is 0. The molecule has 19 heavy (non-hydrogen) atoms. The van der Waals surface area contributed by atoms with Crippen LogP contribution in [0.25, 0.3) is 10.7 Å². The fourth-order valence-corrected chi connectivity index (χ4v) is 2.85. The topological polar surface area (TPSA) is 97.6 Å². The number of thiophene rings is 1. The maximum absolute atomic E-state index is 10.9. The van der Waals surface area contributed by atoms with Crippen LogP contribution in [-0.4, -0.2) is 26.4 Å². The van der Waals surface area contributed by atoms with Crippen molar-refractivity contribution in [3.05, 3.63) is 17.5 Å². The first-order valence-corrected chi connectivity index (χ1v) is 7.34. The van der Waals surface area contributed by atoms with Crippen LogP contribution in [-0.2, 0) is 11.3 Å². The predicted molar refractivity (Wildman–Crippen MR) is 73.5 cm³/mol. The van der Waals surface area contributed by atoms with Crippen LogP contribution in [0.3, 0.4) is 0 Å². The van der Waals surface area contributed by atoms with E-state index in [-0.39, 0.29) is 12.3 Å². The third-order valence-corrected chi connectivity index (χ3v) is 4.01. The molecule has 2 N–H and O–H groups in total. The van der Waals surface area contributed by atoms with Crippen molar-refractivity contribution in [2.75, 3.05) is 5.75 Å². The van der Waals surface area contributed by atoms with Gasteiger partial charge in [-0.05, 0) is 11.4 Å². The Balaban J connectivity index is 2.30. The van der Waals surface area contributed by atoms with Gasteiger partial charge in [-0.1, -0.05) is 17.8 Å². The molecule has 0 saturated heterocycles. The molecule has 0 radical (unpaired) electrons. The van der Waals surface area contributed by atoms with E-state index in [0.717, 1.165) is 4.88 Å². The van der Waals surface area contributed by atoms with E-state index in [4.69, 9.17) is 11.0 Å². The van der Waals surface area contributed by atoms with Gasteiger partial charge in [0.15, 0.2) is 11.0 Å². The highest BCUT2D eigenvalue weighted by molar-refractivity contribution is 7.99. The molecule has 0 bridgehead atoms. The fourth-order valence-electron chi connectivity index (χ4n) is 1.50. The standard InChI is InChI=1S/C11H11N5OS2/c12-4-7-19-11-15-14-10(8-2-1-6-18-8)16(11)5-3-9(13)17/h1-2,6H,3,5,7H2,(H2,13,17). The highest BCUT2D eigenvalue weighted by Crippen LogP contribution is 2.27. The minimum Gasteiger partial charge on any atom is -0.370 e. The second-order valence-electron chi connectivity index (χ2n) is 3.60. The first-order valence-electron chi connectivity index (χ1n) is 5.47. The lowest BCUT2D eigenvalue weighted by Gasteiger charge is -2.06. The minimum atomic E-state index is -0.373. The Morgan fingerprint density at radius 2 is 2.42 bits per heavy atom. The molecule has 0 saturated carbocycles. The number of nitriles is 1.